The Hall–Kier alpha value is -3.85. The number of anilines is 5. The monoisotopic (exact) mass is 444 g/mol. The molecule has 1 aliphatic rings. The van der Waals surface area contributed by atoms with Crippen LogP contribution in [0.5, 0.6) is 0 Å². The van der Waals surface area contributed by atoms with Crippen molar-refractivity contribution in [1.82, 2.24) is 25.1 Å². The van der Waals surface area contributed by atoms with E-state index >= 15 is 0 Å². The van der Waals surface area contributed by atoms with Crippen LogP contribution < -0.4 is 15.5 Å². The van der Waals surface area contributed by atoms with Crippen molar-refractivity contribution >= 4 is 39.7 Å². The molecule has 4 aromatic rings. The second kappa shape index (κ2) is 8.95. The molecule has 3 heterocycles. The average Bonchev–Trinajstić information content (AvgIpc) is 2.83. The Morgan fingerprint density at radius 1 is 0.939 bits per heavy atom. The Bertz CT molecular complexity index is 1270. The average molecular weight is 445 g/mol. The maximum absolute atomic E-state index is 14.5. The van der Waals surface area contributed by atoms with Crippen molar-refractivity contribution in [3.63, 3.8) is 0 Å². The zero-order chi connectivity index (χ0) is 22.8. The summed E-state index contributed by atoms with van der Waals surface area (Å²) < 4.78 is 14.5. The van der Waals surface area contributed by atoms with Crippen LogP contribution in [0.15, 0.2) is 54.9 Å². The largest absolute Gasteiger partial charge is 0.369 e. The zero-order valence-corrected chi connectivity index (χ0v) is 18.6. The molecule has 0 aliphatic carbocycles. The summed E-state index contributed by atoms with van der Waals surface area (Å²) in [5.74, 6) is 0.605. The van der Waals surface area contributed by atoms with Crippen LogP contribution in [-0.2, 0) is 0 Å². The maximum Gasteiger partial charge on any atom is 0.229 e. The molecule has 0 spiro atoms. The molecule has 2 aromatic carbocycles. The second-order valence-corrected chi connectivity index (χ2v) is 8.20. The Morgan fingerprint density at radius 2 is 1.73 bits per heavy atom. The number of hydrogen-bond acceptors (Lipinski definition) is 8. The summed E-state index contributed by atoms with van der Waals surface area (Å²) in [6.07, 6.45) is 3.14. The van der Waals surface area contributed by atoms with E-state index in [2.05, 4.69) is 59.8 Å². The molecular weight excluding hydrogens is 419 g/mol. The SMILES string of the molecule is Cc1ccc(F)c2c(Nc3ccnc(Nc4ccc(N5CCN(C)CC5)cc4)n3)cnnc12. The lowest BCUT2D eigenvalue weighted by atomic mass is 10.1. The summed E-state index contributed by atoms with van der Waals surface area (Å²) in [5, 5.41) is 14.9. The molecule has 1 fully saturated rings. The van der Waals surface area contributed by atoms with Gasteiger partial charge in [-0.3, -0.25) is 0 Å². The topological polar surface area (TPSA) is 82.1 Å². The highest BCUT2D eigenvalue weighted by Gasteiger charge is 2.14. The quantitative estimate of drug-likeness (QED) is 0.476. The van der Waals surface area contributed by atoms with Gasteiger partial charge in [-0.15, -0.1) is 5.10 Å². The molecule has 0 saturated carbocycles. The molecule has 9 heteroatoms. The molecule has 0 amide bonds. The minimum Gasteiger partial charge on any atom is -0.369 e. The summed E-state index contributed by atoms with van der Waals surface area (Å²) in [6.45, 7) is 6.07. The van der Waals surface area contributed by atoms with E-state index in [0.29, 0.717) is 28.4 Å². The normalized spacial score (nSPS) is 14.5. The first kappa shape index (κ1) is 21.0. The molecule has 33 heavy (non-hydrogen) atoms. The zero-order valence-electron chi connectivity index (χ0n) is 18.6. The first-order chi connectivity index (χ1) is 16.1. The third kappa shape index (κ3) is 4.54. The molecule has 0 atom stereocenters. The predicted molar refractivity (Wildman–Crippen MR) is 129 cm³/mol. The van der Waals surface area contributed by atoms with Crippen molar-refractivity contribution in [2.75, 3.05) is 48.8 Å². The number of fused-ring (bicyclic) bond motifs is 1. The lowest BCUT2D eigenvalue weighted by molar-refractivity contribution is 0.313. The number of aryl methyl sites for hydroxylation is 1. The highest BCUT2D eigenvalue weighted by Crippen LogP contribution is 2.28. The molecule has 2 N–H and O–H groups in total. The van der Waals surface area contributed by atoms with Crippen molar-refractivity contribution in [2.45, 2.75) is 6.92 Å². The van der Waals surface area contributed by atoms with Crippen LogP contribution in [0.1, 0.15) is 5.56 Å². The van der Waals surface area contributed by atoms with E-state index in [4.69, 9.17) is 0 Å². The summed E-state index contributed by atoms with van der Waals surface area (Å²) >= 11 is 0. The van der Waals surface area contributed by atoms with Crippen LogP contribution in [0.2, 0.25) is 0 Å². The molecule has 2 aromatic heterocycles. The second-order valence-electron chi connectivity index (χ2n) is 8.20. The number of nitrogens with one attached hydrogen (secondary N) is 2. The number of nitrogens with zero attached hydrogens (tertiary/aromatic N) is 6. The number of benzene rings is 2. The Labute approximate surface area is 191 Å². The van der Waals surface area contributed by atoms with Crippen LogP contribution in [-0.4, -0.2) is 58.3 Å². The van der Waals surface area contributed by atoms with Crippen LogP contribution in [0.25, 0.3) is 10.9 Å². The number of aromatic nitrogens is 4. The molecule has 0 bridgehead atoms. The third-order valence-electron chi connectivity index (χ3n) is 5.85. The number of hydrogen-bond donors (Lipinski definition) is 2. The molecular formula is C24H25FN8. The molecule has 5 rings (SSSR count). The van der Waals surface area contributed by atoms with Gasteiger partial charge >= 0.3 is 0 Å². The van der Waals surface area contributed by atoms with Crippen molar-refractivity contribution in [3.05, 3.63) is 66.2 Å². The van der Waals surface area contributed by atoms with E-state index in [1.54, 1.807) is 18.3 Å². The van der Waals surface area contributed by atoms with Crippen LogP contribution in [0, 0.1) is 12.7 Å². The van der Waals surface area contributed by atoms with Crippen LogP contribution in [0.4, 0.5) is 33.2 Å². The van der Waals surface area contributed by atoms with Crippen molar-refractivity contribution < 1.29 is 4.39 Å². The van der Waals surface area contributed by atoms with E-state index in [9.17, 15) is 4.39 Å². The van der Waals surface area contributed by atoms with Gasteiger partial charge in [-0.2, -0.15) is 10.1 Å². The van der Waals surface area contributed by atoms with E-state index in [0.717, 1.165) is 37.4 Å². The standard InChI is InChI=1S/C24H25FN8/c1-16-3-8-19(25)22-20(15-27-31-23(16)22)29-21-9-10-26-24(30-21)28-17-4-6-18(7-5-17)33-13-11-32(2)12-14-33/h3-10,15H,11-14H2,1-2H3,(H2,26,28,29,30,31). The molecule has 1 aliphatic heterocycles. The van der Waals surface area contributed by atoms with E-state index < -0.39 is 0 Å². The summed E-state index contributed by atoms with van der Waals surface area (Å²) in [4.78, 5) is 13.6. The number of halogens is 1. The molecule has 0 unspecified atom stereocenters. The van der Waals surface area contributed by atoms with E-state index in [1.807, 2.05) is 19.1 Å². The van der Waals surface area contributed by atoms with Gasteiger partial charge in [0.05, 0.1) is 17.3 Å². The summed E-state index contributed by atoms with van der Waals surface area (Å²) in [5.41, 5.74) is 3.98. The summed E-state index contributed by atoms with van der Waals surface area (Å²) in [6, 6.07) is 13.1. The molecule has 168 valence electrons. The van der Waals surface area contributed by atoms with Gasteiger partial charge in [0.2, 0.25) is 5.95 Å². The van der Waals surface area contributed by atoms with Gasteiger partial charge in [0, 0.05) is 43.8 Å². The van der Waals surface area contributed by atoms with Gasteiger partial charge in [0.15, 0.2) is 0 Å². The predicted octanol–water partition coefficient (Wildman–Crippen LogP) is 4.11. The number of likely N-dealkylation sites (N-methyl/N-ethyl adjacent to an activating group) is 1. The first-order valence-corrected chi connectivity index (χ1v) is 10.9. The van der Waals surface area contributed by atoms with Gasteiger partial charge in [-0.1, -0.05) is 6.07 Å². The number of rotatable bonds is 5. The Morgan fingerprint density at radius 3 is 2.52 bits per heavy atom. The lowest BCUT2D eigenvalue weighted by Crippen LogP contribution is -2.44. The van der Waals surface area contributed by atoms with Crippen LogP contribution in [0.3, 0.4) is 0 Å². The van der Waals surface area contributed by atoms with Gasteiger partial charge in [0.1, 0.15) is 17.2 Å². The van der Waals surface area contributed by atoms with Gasteiger partial charge < -0.3 is 20.4 Å². The van der Waals surface area contributed by atoms with Gasteiger partial charge in [-0.05, 0) is 55.9 Å². The Balaban J connectivity index is 1.32. The lowest BCUT2D eigenvalue weighted by Gasteiger charge is -2.34. The minimum atomic E-state index is -0.360. The highest BCUT2D eigenvalue weighted by molar-refractivity contribution is 5.94. The smallest absolute Gasteiger partial charge is 0.229 e. The first-order valence-electron chi connectivity index (χ1n) is 10.9. The van der Waals surface area contributed by atoms with Gasteiger partial charge in [0.25, 0.3) is 0 Å². The van der Waals surface area contributed by atoms with Crippen molar-refractivity contribution in [1.29, 1.82) is 0 Å². The van der Waals surface area contributed by atoms with Crippen molar-refractivity contribution in [2.24, 2.45) is 0 Å². The molecule has 1 saturated heterocycles. The fourth-order valence-electron chi connectivity index (χ4n) is 3.94. The van der Waals surface area contributed by atoms with E-state index in [-0.39, 0.29) is 5.82 Å². The minimum absolute atomic E-state index is 0.360. The van der Waals surface area contributed by atoms with Crippen LogP contribution >= 0.6 is 0 Å². The maximum atomic E-state index is 14.5. The van der Waals surface area contributed by atoms with Crippen molar-refractivity contribution in [3.8, 4) is 0 Å². The molecule has 0 radical (unpaired) electrons. The summed E-state index contributed by atoms with van der Waals surface area (Å²) in [7, 11) is 2.15. The third-order valence-corrected chi connectivity index (χ3v) is 5.85. The fraction of sp³-hybridized carbons (Fsp3) is 0.250. The number of piperazine rings is 1. The Kier molecular flexibility index (Phi) is 5.70. The van der Waals surface area contributed by atoms with Gasteiger partial charge in [-0.25, -0.2) is 9.37 Å². The highest BCUT2D eigenvalue weighted by atomic mass is 19.1. The molecule has 8 nitrogen and oxygen atoms in total. The fourth-order valence-corrected chi connectivity index (χ4v) is 3.94. The van der Waals surface area contributed by atoms with E-state index in [1.165, 1.54) is 18.0 Å².